The highest BCUT2D eigenvalue weighted by molar-refractivity contribution is 6.53. The van der Waals surface area contributed by atoms with Crippen molar-refractivity contribution in [2.45, 2.75) is 23.9 Å². The Balaban J connectivity index is 1.40. The maximum Gasteiger partial charge on any atom is 0.519 e. The number of anilines is 2. The van der Waals surface area contributed by atoms with Crippen molar-refractivity contribution in [3.05, 3.63) is 45.9 Å². The molecule has 1 aromatic heterocycles. The number of piperidine rings is 1. The fourth-order valence-electron chi connectivity index (χ4n) is 5.37. The maximum absolute atomic E-state index is 15.5. The first kappa shape index (κ1) is 26.3. The Kier molecular flexibility index (Phi) is 6.76. The number of nitrogens with one attached hydrogen (secondary N) is 1. The molecule has 2 aromatic rings. The number of rotatable bonds is 7. The number of benzene rings is 1. The van der Waals surface area contributed by atoms with Gasteiger partial charge in [-0.05, 0) is 12.8 Å². The highest BCUT2D eigenvalue weighted by Crippen LogP contribution is 2.63. The van der Waals surface area contributed by atoms with Gasteiger partial charge in [-0.25, -0.2) is 18.4 Å². The van der Waals surface area contributed by atoms with Crippen LogP contribution < -0.4 is 20.9 Å². The number of carbonyl (C=O) groups excluding carboxylic acids is 3. The number of amides is 2. The van der Waals surface area contributed by atoms with Crippen molar-refractivity contribution in [2.24, 2.45) is 17.8 Å². The van der Waals surface area contributed by atoms with E-state index in [-0.39, 0.29) is 42.8 Å². The minimum atomic E-state index is -1.30. The maximum atomic E-state index is 15.5. The van der Waals surface area contributed by atoms with Crippen LogP contribution in [0.15, 0.2) is 25.8 Å². The lowest BCUT2D eigenvalue weighted by Gasteiger charge is -2.30. The molecule has 15 heteroatoms. The lowest BCUT2D eigenvalue weighted by molar-refractivity contribution is -0.143. The second kappa shape index (κ2) is 9.77. The van der Waals surface area contributed by atoms with Gasteiger partial charge in [0.05, 0.1) is 37.8 Å². The molecule has 1 aromatic carbocycles. The summed E-state index contributed by atoms with van der Waals surface area (Å²) in [4.78, 5) is 49.0. The number of esters is 1. The molecule has 3 aliphatic rings. The highest BCUT2D eigenvalue weighted by atomic mass is 35.5. The second-order valence-corrected chi connectivity index (χ2v) is 10.3. The van der Waals surface area contributed by atoms with E-state index >= 15 is 8.78 Å². The molecule has 0 spiro atoms. The van der Waals surface area contributed by atoms with E-state index in [1.54, 1.807) is 0 Å². The largest absolute Gasteiger partial charge is 0.519 e. The second-order valence-electron chi connectivity index (χ2n) is 9.18. The zero-order valence-corrected chi connectivity index (χ0v) is 21.4. The number of carbonyl (C=O) groups is 3. The van der Waals surface area contributed by atoms with E-state index in [4.69, 9.17) is 41.5 Å². The molecule has 1 saturated carbocycles. The predicted octanol–water partition coefficient (Wildman–Crippen LogP) is 2.66. The Bertz CT molecular complexity index is 1340. The molecule has 1 aliphatic carbocycles. The Labute approximate surface area is 223 Å². The number of nitrogens with zero attached hydrogens (tertiary/aromatic N) is 2. The third-order valence-corrected chi connectivity index (χ3v) is 7.43. The van der Waals surface area contributed by atoms with Gasteiger partial charge in [-0.3, -0.25) is 14.5 Å². The van der Waals surface area contributed by atoms with Gasteiger partial charge in [0.15, 0.2) is 22.2 Å². The van der Waals surface area contributed by atoms with Gasteiger partial charge in [-0.2, -0.15) is 0 Å². The SMILES string of the molecule is COC(=O)C1[C@@H]2C(c3oc(=O)oc3C)N(c3c(F)cc(N4C[C@H](CNC(=O)C(Cl)Cl)OC4=O)cc3F)C[C@H]12. The van der Waals surface area contributed by atoms with Gasteiger partial charge in [0.1, 0.15) is 17.6 Å². The molecule has 0 bridgehead atoms. The number of cyclic esters (lactones) is 1. The van der Waals surface area contributed by atoms with Gasteiger partial charge in [-0.1, -0.05) is 23.2 Å². The normalized spacial score (nSPS) is 26.0. The molecule has 2 amide bonds. The third-order valence-electron chi connectivity index (χ3n) is 7.03. The molecule has 2 unspecified atom stereocenters. The minimum absolute atomic E-state index is 0.0703. The van der Waals surface area contributed by atoms with Crippen molar-refractivity contribution in [1.82, 2.24) is 5.32 Å². The highest BCUT2D eigenvalue weighted by Gasteiger charge is 2.67. The van der Waals surface area contributed by atoms with Crippen LogP contribution in [-0.2, 0) is 19.1 Å². The Morgan fingerprint density at radius 1 is 1.18 bits per heavy atom. The molecule has 1 N–H and O–H groups in total. The third kappa shape index (κ3) is 4.47. The van der Waals surface area contributed by atoms with Crippen LogP contribution in [0, 0.1) is 36.3 Å². The van der Waals surface area contributed by atoms with E-state index in [0.717, 1.165) is 17.0 Å². The van der Waals surface area contributed by atoms with Crippen molar-refractivity contribution in [3.63, 3.8) is 0 Å². The van der Waals surface area contributed by atoms with Crippen molar-refractivity contribution in [3.8, 4) is 0 Å². The van der Waals surface area contributed by atoms with Gasteiger partial charge in [-0.15, -0.1) is 0 Å². The first-order valence-corrected chi connectivity index (χ1v) is 12.4. The van der Waals surface area contributed by atoms with E-state index in [1.165, 1.54) is 18.9 Å². The number of alkyl halides is 2. The van der Waals surface area contributed by atoms with E-state index in [9.17, 15) is 19.2 Å². The standard InChI is InChI=1S/C23H21Cl2F2N3O8/c1-8-18(38-23(34)36-8)17-14-11(15(14)21(32)35-2)7-30(17)16-12(26)3-9(4-13(16)27)29-6-10(37-22(29)33)5-28-20(31)19(24)25/h3-4,10-11,14-15,17,19H,5-7H2,1-2H3,(H,28,31)/t10-,11-,14+,15?,17?/m0/s1. The number of aryl methyl sites for hydroxylation is 1. The zero-order valence-electron chi connectivity index (χ0n) is 19.9. The van der Waals surface area contributed by atoms with E-state index in [2.05, 4.69) is 5.32 Å². The molecular formula is C23H21Cl2F2N3O8. The molecule has 2 aliphatic heterocycles. The van der Waals surface area contributed by atoms with Gasteiger partial charge in [0.25, 0.3) is 5.91 Å². The summed E-state index contributed by atoms with van der Waals surface area (Å²) in [6.45, 7) is 1.37. The summed E-state index contributed by atoms with van der Waals surface area (Å²) < 4.78 is 51.1. The smallest absolute Gasteiger partial charge is 0.469 e. The fourth-order valence-corrected chi connectivity index (χ4v) is 5.52. The topological polar surface area (TPSA) is 132 Å². The van der Waals surface area contributed by atoms with Crippen LogP contribution in [0.1, 0.15) is 17.6 Å². The van der Waals surface area contributed by atoms with Gasteiger partial charge < -0.3 is 28.5 Å². The molecule has 3 heterocycles. The minimum Gasteiger partial charge on any atom is -0.469 e. The van der Waals surface area contributed by atoms with Crippen LogP contribution in [0.3, 0.4) is 0 Å². The first-order valence-electron chi connectivity index (χ1n) is 11.5. The number of halogens is 4. The summed E-state index contributed by atoms with van der Waals surface area (Å²) in [5, 5.41) is 2.40. The van der Waals surface area contributed by atoms with Crippen molar-refractivity contribution >= 4 is 52.5 Å². The van der Waals surface area contributed by atoms with E-state index < -0.39 is 69.9 Å². The van der Waals surface area contributed by atoms with Crippen LogP contribution in [0.2, 0.25) is 0 Å². The van der Waals surface area contributed by atoms with Crippen LogP contribution in [0.25, 0.3) is 0 Å². The van der Waals surface area contributed by atoms with Crippen molar-refractivity contribution in [1.29, 1.82) is 0 Å². The number of ether oxygens (including phenoxy) is 2. The number of hydrogen-bond acceptors (Lipinski definition) is 9. The quantitative estimate of drug-likeness (QED) is 0.391. The number of hydrogen-bond donors (Lipinski definition) is 1. The van der Waals surface area contributed by atoms with E-state index in [0.29, 0.717) is 0 Å². The summed E-state index contributed by atoms with van der Waals surface area (Å²) in [5.41, 5.74) is -0.515. The fraction of sp³-hybridized carbons (Fsp3) is 0.478. The summed E-state index contributed by atoms with van der Waals surface area (Å²) in [6, 6.07) is 1.10. The first-order chi connectivity index (χ1) is 18.0. The molecule has 204 valence electrons. The molecule has 3 fully saturated rings. The monoisotopic (exact) mass is 575 g/mol. The average Bonchev–Trinajstić information content (AvgIpc) is 3.09. The van der Waals surface area contributed by atoms with Gasteiger partial charge in [0, 0.05) is 24.6 Å². The molecule has 38 heavy (non-hydrogen) atoms. The van der Waals surface area contributed by atoms with Crippen LogP contribution in [0.5, 0.6) is 0 Å². The van der Waals surface area contributed by atoms with Crippen LogP contribution in [0.4, 0.5) is 25.0 Å². The lowest BCUT2D eigenvalue weighted by atomic mass is 10.0. The van der Waals surface area contributed by atoms with Crippen LogP contribution >= 0.6 is 23.2 Å². The number of fused-ring (bicyclic) bond motifs is 1. The lowest BCUT2D eigenvalue weighted by Crippen LogP contribution is -2.37. The summed E-state index contributed by atoms with van der Waals surface area (Å²) in [5.74, 6) is -5.10. The van der Waals surface area contributed by atoms with Gasteiger partial charge in [0.2, 0.25) is 0 Å². The molecule has 2 saturated heterocycles. The Morgan fingerprint density at radius 2 is 1.87 bits per heavy atom. The molecule has 11 nitrogen and oxygen atoms in total. The molecule has 5 rings (SSSR count). The Hall–Kier alpha value is -3.32. The molecule has 5 atom stereocenters. The van der Waals surface area contributed by atoms with Gasteiger partial charge >= 0.3 is 17.9 Å². The number of methoxy groups -OCH3 is 1. The van der Waals surface area contributed by atoms with Crippen molar-refractivity contribution in [2.75, 3.05) is 36.5 Å². The van der Waals surface area contributed by atoms with Crippen LogP contribution in [-0.4, -0.2) is 55.7 Å². The molecular weight excluding hydrogens is 555 g/mol. The summed E-state index contributed by atoms with van der Waals surface area (Å²) in [6.07, 6.45) is -1.66. The predicted molar refractivity (Wildman–Crippen MR) is 127 cm³/mol. The summed E-state index contributed by atoms with van der Waals surface area (Å²) >= 11 is 10.9. The van der Waals surface area contributed by atoms with Crippen molar-refractivity contribution < 1.29 is 41.5 Å². The average molecular weight is 576 g/mol. The Morgan fingerprint density at radius 3 is 2.45 bits per heavy atom. The molecule has 0 radical (unpaired) electrons. The zero-order chi connectivity index (χ0) is 27.5. The van der Waals surface area contributed by atoms with E-state index in [1.807, 2.05) is 0 Å². The summed E-state index contributed by atoms with van der Waals surface area (Å²) in [7, 11) is 1.25.